The highest BCUT2D eigenvalue weighted by atomic mass is 79.9. The zero-order valence-corrected chi connectivity index (χ0v) is 10.5. The molecule has 3 N–H and O–H groups in total. The minimum absolute atomic E-state index is 0.101. The van der Waals surface area contributed by atoms with Crippen LogP contribution in [0, 0.1) is 0 Å². The van der Waals surface area contributed by atoms with Crippen molar-refractivity contribution >= 4 is 43.6 Å². The van der Waals surface area contributed by atoms with Crippen LogP contribution in [0.4, 0.5) is 0 Å². The number of carbonyl (C=O) groups is 1. The Morgan fingerprint density at radius 1 is 1.06 bits per heavy atom. The minimum Gasteiger partial charge on any atom is -0.477 e. The Hall–Kier alpha value is -2.08. The number of aromatic amines is 2. The summed E-state index contributed by atoms with van der Waals surface area (Å²) in [6.45, 7) is 0. The van der Waals surface area contributed by atoms with Gasteiger partial charge in [0.25, 0.3) is 0 Å². The van der Waals surface area contributed by atoms with Crippen LogP contribution in [0.3, 0.4) is 0 Å². The third-order valence-corrected chi connectivity index (χ3v) is 3.71. The maximum atomic E-state index is 11.5. The molecule has 0 unspecified atom stereocenters. The summed E-state index contributed by atoms with van der Waals surface area (Å²) in [6.07, 6.45) is 0. The predicted octanol–water partition coefficient (Wildman–Crippen LogP) is 2.47. The molecule has 6 heteroatoms. The van der Waals surface area contributed by atoms with Gasteiger partial charge in [-0.1, -0.05) is 6.07 Å². The number of nitrogens with one attached hydrogen (secondary N) is 2. The van der Waals surface area contributed by atoms with E-state index in [1.165, 1.54) is 6.07 Å². The number of fused-ring (bicyclic) bond motifs is 3. The Morgan fingerprint density at radius 3 is 2.44 bits per heavy atom. The average molecular weight is 307 g/mol. The molecule has 3 aromatic rings. The van der Waals surface area contributed by atoms with Crippen LogP contribution in [0.2, 0.25) is 0 Å². The third kappa shape index (κ3) is 1.39. The molecule has 18 heavy (non-hydrogen) atoms. The van der Waals surface area contributed by atoms with Crippen molar-refractivity contribution < 1.29 is 9.90 Å². The first-order valence-electron chi connectivity index (χ1n) is 5.14. The fraction of sp³-hybridized carbons (Fsp3) is 0. The van der Waals surface area contributed by atoms with Crippen LogP contribution in [0.5, 0.6) is 0 Å². The molecule has 2 aromatic carbocycles. The van der Waals surface area contributed by atoms with Gasteiger partial charge in [0.05, 0.1) is 9.99 Å². The molecule has 1 heterocycles. The van der Waals surface area contributed by atoms with Crippen molar-refractivity contribution in [1.82, 2.24) is 10.2 Å². The van der Waals surface area contributed by atoms with Crippen LogP contribution in [0.1, 0.15) is 10.5 Å². The quantitative estimate of drug-likeness (QED) is 0.645. The molecule has 0 saturated carbocycles. The number of H-pyrrole nitrogens is 2. The van der Waals surface area contributed by atoms with E-state index < -0.39 is 5.97 Å². The van der Waals surface area contributed by atoms with Crippen LogP contribution in [-0.4, -0.2) is 21.3 Å². The van der Waals surface area contributed by atoms with Crippen molar-refractivity contribution in [3.05, 3.63) is 44.7 Å². The van der Waals surface area contributed by atoms with Gasteiger partial charge >= 0.3 is 5.97 Å². The molecule has 0 aliphatic heterocycles. The fourth-order valence-electron chi connectivity index (χ4n) is 2.05. The number of halogens is 1. The Labute approximate surface area is 109 Å². The normalized spacial score (nSPS) is 11.2. The number of carboxylic acid groups (broad SMARTS) is 1. The monoisotopic (exact) mass is 306 g/mol. The highest BCUT2D eigenvalue weighted by Crippen LogP contribution is 2.28. The van der Waals surface area contributed by atoms with Gasteiger partial charge in [0.15, 0.2) is 5.43 Å². The number of hydrogen-bond acceptors (Lipinski definition) is 2. The van der Waals surface area contributed by atoms with Crippen molar-refractivity contribution in [2.75, 3.05) is 0 Å². The number of hydrogen-bond donors (Lipinski definition) is 3. The Morgan fingerprint density at radius 2 is 1.72 bits per heavy atom. The molecule has 0 aliphatic rings. The summed E-state index contributed by atoms with van der Waals surface area (Å²) >= 11 is 3.25. The number of carboxylic acids is 1. The molecular formula is C12H7BrN2O3. The standard InChI is InChI=1S/C12H7BrN2O3/c13-9-5-1-2-7-10(6(5)3-4-8(9)16)14-15-11(7)12(17)18/h1-4,14-15H,(H,17,18). The fourth-order valence-corrected chi connectivity index (χ4v) is 2.53. The lowest BCUT2D eigenvalue weighted by Gasteiger charge is -2.00. The van der Waals surface area contributed by atoms with E-state index in [2.05, 4.69) is 26.1 Å². The number of rotatable bonds is 1. The zero-order valence-electron chi connectivity index (χ0n) is 8.95. The summed E-state index contributed by atoms with van der Waals surface area (Å²) in [5.41, 5.74) is 0.677. The van der Waals surface area contributed by atoms with Gasteiger partial charge in [-0.3, -0.25) is 15.0 Å². The molecule has 0 amide bonds. The first-order valence-corrected chi connectivity index (χ1v) is 5.94. The second-order valence-electron chi connectivity index (χ2n) is 3.89. The number of aromatic nitrogens is 2. The summed E-state index contributed by atoms with van der Waals surface area (Å²) in [5.74, 6) is -1.03. The van der Waals surface area contributed by atoms with E-state index in [-0.39, 0.29) is 11.1 Å². The second-order valence-corrected chi connectivity index (χ2v) is 4.68. The van der Waals surface area contributed by atoms with Gasteiger partial charge in [-0.25, -0.2) is 4.79 Å². The smallest absolute Gasteiger partial charge is 0.354 e. The van der Waals surface area contributed by atoms with Crippen LogP contribution in [0.25, 0.3) is 21.7 Å². The summed E-state index contributed by atoms with van der Waals surface area (Å²) in [4.78, 5) is 22.5. The molecule has 90 valence electrons. The van der Waals surface area contributed by atoms with Crippen LogP contribution < -0.4 is 5.43 Å². The Balaban J connectivity index is 2.52. The van der Waals surface area contributed by atoms with Gasteiger partial charge in [0.2, 0.25) is 0 Å². The highest BCUT2D eigenvalue weighted by Gasteiger charge is 2.14. The maximum absolute atomic E-state index is 11.5. The first-order chi connectivity index (χ1) is 8.59. The molecule has 1 aromatic heterocycles. The maximum Gasteiger partial charge on any atom is 0.354 e. The minimum atomic E-state index is -1.03. The lowest BCUT2D eigenvalue weighted by molar-refractivity contribution is 0.0692. The average Bonchev–Trinajstić information content (AvgIpc) is 2.77. The van der Waals surface area contributed by atoms with Gasteiger partial charge in [-0.2, -0.15) is 0 Å². The number of aromatic carboxylic acids is 1. The van der Waals surface area contributed by atoms with Crippen LogP contribution in [0.15, 0.2) is 33.5 Å². The lowest BCUT2D eigenvalue weighted by Crippen LogP contribution is -1.99. The van der Waals surface area contributed by atoms with E-state index in [0.29, 0.717) is 15.4 Å². The molecule has 3 rings (SSSR count). The van der Waals surface area contributed by atoms with Gasteiger partial charge in [-0.05, 0) is 34.1 Å². The predicted molar refractivity (Wildman–Crippen MR) is 71.1 cm³/mol. The van der Waals surface area contributed by atoms with E-state index >= 15 is 0 Å². The van der Waals surface area contributed by atoms with Gasteiger partial charge in [0.1, 0.15) is 5.69 Å². The summed E-state index contributed by atoms with van der Waals surface area (Å²) in [6, 6.07) is 6.55. The molecule has 5 nitrogen and oxygen atoms in total. The van der Waals surface area contributed by atoms with Crippen molar-refractivity contribution in [1.29, 1.82) is 0 Å². The molecule has 0 saturated heterocycles. The molecule has 0 bridgehead atoms. The molecule has 0 atom stereocenters. The van der Waals surface area contributed by atoms with E-state index in [9.17, 15) is 9.59 Å². The summed E-state index contributed by atoms with van der Waals surface area (Å²) in [5, 5.41) is 16.6. The molecule has 0 fully saturated rings. The van der Waals surface area contributed by atoms with E-state index in [1.807, 2.05) is 0 Å². The third-order valence-electron chi connectivity index (χ3n) is 2.90. The largest absolute Gasteiger partial charge is 0.477 e. The van der Waals surface area contributed by atoms with Crippen molar-refractivity contribution in [3.8, 4) is 0 Å². The SMILES string of the molecule is O=C(O)c1[nH][nH]c2c1ccc1c(Br)c(=O)ccc12. The van der Waals surface area contributed by atoms with Crippen LogP contribution in [-0.2, 0) is 0 Å². The van der Waals surface area contributed by atoms with Gasteiger partial charge < -0.3 is 5.11 Å². The van der Waals surface area contributed by atoms with Gasteiger partial charge in [0, 0.05) is 16.2 Å². The molecule has 0 aliphatic carbocycles. The van der Waals surface area contributed by atoms with Crippen molar-refractivity contribution in [3.63, 3.8) is 0 Å². The highest BCUT2D eigenvalue weighted by molar-refractivity contribution is 9.10. The lowest BCUT2D eigenvalue weighted by atomic mass is 10.1. The molecule has 0 spiro atoms. The van der Waals surface area contributed by atoms with Crippen molar-refractivity contribution in [2.24, 2.45) is 0 Å². The Bertz CT molecular complexity index is 848. The number of benzene rings is 2. The molecule has 0 radical (unpaired) electrons. The topological polar surface area (TPSA) is 85.9 Å². The van der Waals surface area contributed by atoms with Gasteiger partial charge in [-0.15, -0.1) is 0 Å². The van der Waals surface area contributed by atoms with Crippen molar-refractivity contribution in [2.45, 2.75) is 0 Å². The summed E-state index contributed by atoms with van der Waals surface area (Å²) in [7, 11) is 0. The van der Waals surface area contributed by atoms with E-state index in [4.69, 9.17) is 5.11 Å². The second kappa shape index (κ2) is 3.71. The molecular weight excluding hydrogens is 300 g/mol. The summed E-state index contributed by atoms with van der Waals surface area (Å²) < 4.78 is 0.480. The van der Waals surface area contributed by atoms with E-state index in [0.717, 1.165) is 10.8 Å². The Kier molecular flexibility index (Phi) is 2.27. The van der Waals surface area contributed by atoms with E-state index in [1.54, 1.807) is 18.2 Å². The first kappa shape index (κ1) is 11.0. The zero-order chi connectivity index (χ0) is 12.9. The van der Waals surface area contributed by atoms with Crippen LogP contribution >= 0.6 is 15.9 Å².